The predicted molar refractivity (Wildman–Crippen MR) is 266 cm³/mol. The van der Waals surface area contributed by atoms with Gasteiger partial charge in [-0.15, -0.1) is 0 Å². The molecule has 1 unspecified atom stereocenters. The van der Waals surface area contributed by atoms with Crippen LogP contribution >= 0.6 is 0 Å². The molecule has 0 radical (unpaired) electrons. The summed E-state index contributed by atoms with van der Waals surface area (Å²) in [5.74, 6) is -1.20. The van der Waals surface area contributed by atoms with Crippen molar-refractivity contribution in [3.05, 3.63) is 71.7 Å². The van der Waals surface area contributed by atoms with Gasteiger partial charge >= 0.3 is 6.01 Å². The van der Waals surface area contributed by atoms with Crippen molar-refractivity contribution in [1.82, 2.24) is 45.3 Å². The number of imide groups is 1. The van der Waals surface area contributed by atoms with Crippen LogP contribution < -0.4 is 25.2 Å². The second-order valence-electron chi connectivity index (χ2n) is 19.9. The van der Waals surface area contributed by atoms with Crippen LogP contribution in [0, 0.1) is 23.0 Å². The average Bonchev–Trinajstić information content (AvgIpc) is 4.14. The van der Waals surface area contributed by atoms with E-state index in [1.54, 1.807) is 30.6 Å². The van der Waals surface area contributed by atoms with Crippen LogP contribution in [0.25, 0.3) is 32.9 Å². The third kappa shape index (κ3) is 11.4. The van der Waals surface area contributed by atoms with Gasteiger partial charge in [-0.25, -0.2) is 13.8 Å². The molecule has 5 aromatic rings. The maximum absolute atomic E-state index is 16.8. The largest absolute Gasteiger partial charge is 0.508 e. The molecule has 1 saturated carbocycles. The normalized spacial score (nSPS) is 20.9. The number of nitrogens with zero attached hydrogens (tertiary/aromatic N) is 9. The summed E-state index contributed by atoms with van der Waals surface area (Å²) in [6, 6.07) is 8.90. The molecular weight excluding hydrogens is 913 g/mol. The van der Waals surface area contributed by atoms with Gasteiger partial charge in [0.05, 0.1) is 30.4 Å². The van der Waals surface area contributed by atoms with Crippen molar-refractivity contribution < 1.29 is 37.8 Å². The molecule has 10 rings (SSSR count). The zero-order chi connectivity index (χ0) is 49.8. The number of aryl methyl sites for hydroxylation is 1. The van der Waals surface area contributed by atoms with Gasteiger partial charge in [0.15, 0.2) is 5.82 Å². The molecule has 2 aromatic carbocycles. The van der Waals surface area contributed by atoms with Crippen LogP contribution in [0.5, 0.6) is 11.8 Å². The van der Waals surface area contributed by atoms with Gasteiger partial charge in [-0.1, -0.05) is 19.9 Å². The molecule has 4 aliphatic heterocycles. The lowest BCUT2D eigenvalue weighted by Crippen LogP contribution is -2.52. The molecule has 2 atom stereocenters. The number of phenolic OH excluding ortho intramolecular Hbond substituents is 1. The van der Waals surface area contributed by atoms with E-state index in [-0.39, 0.29) is 52.2 Å². The Bertz CT molecular complexity index is 2780. The molecule has 17 nitrogen and oxygen atoms in total. The summed E-state index contributed by atoms with van der Waals surface area (Å²) in [6.45, 7) is 15.0. The number of phenols is 1. The number of piperidine rings is 2. The van der Waals surface area contributed by atoms with E-state index in [1.165, 1.54) is 12.1 Å². The van der Waals surface area contributed by atoms with Gasteiger partial charge in [0.25, 0.3) is 5.91 Å². The highest BCUT2D eigenvalue weighted by atomic mass is 19.1. The lowest BCUT2D eigenvalue weighted by atomic mass is 9.94. The van der Waals surface area contributed by atoms with Gasteiger partial charge in [0, 0.05) is 95.6 Å². The van der Waals surface area contributed by atoms with E-state index >= 15 is 4.39 Å². The quantitative estimate of drug-likeness (QED) is 0.106. The number of piperazine rings is 2. The van der Waals surface area contributed by atoms with Crippen molar-refractivity contribution in [1.29, 1.82) is 0 Å². The Labute approximate surface area is 411 Å². The number of nitrogens with one attached hydrogen (secondary N) is 2. The minimum atomic E-state index is -0.715. The number of carbonyl (C=O) groups excluding carboxylic acids is 4. The Morgan fingerprint density at radius 3 is 2.41 bits per heavy atom. The first-order chi connectivity index (χ1) is 34.3. The highest BCUT2D eigenvalue weighted by Gasteiger charge is 2.45. The van der Waals surface area contributed by atoms with Crippen molar-refractivity contribution in [3.8, 4) is 23.0 Å². The SMILES string of the molecule is CCc1c(F)ccc2cc(O)cc(-c3ncc4c(N5CCC[C@H](C)C5)nc(OCC5(CN6CCN(C)CC6)CC5)nc4c3F)c12.O=CCN1CCN(c2ccc(C(=O)NC3CCC(=O)NC3=O)nc2)CC1. The fraction of sp³-hybridized carbons (Fsp3) is 0.500. The van der Waals surface area contributed by atoms with Gasteiger partial charge in [-0.3, -0.25) is 29.6 Å². The Kier molecular flexibility index (Phi) is 15.0. The van der Waals surface area contributed by atoms with Crippen molar-refractivity contribution >= 4 is 57.2 Å². The number of hydrogen-bond donors (Lipinski definition) is 3. The number of amides is 3. The minimum Gasteiger partial charge on any atom is -0.508 e. The molecule has 7 heterocycles. The molecule has 1 aliphatic carbocycles. The summed E-state index contributed by atoms with van der Waals surface area (Å²) in [5, 5.41) is 17.1. The third-order valence-corrected chi connectivity index (χ3v) is 14.6. The molecule has 5 aliphatic rings. The number of benzene rings is 2. The number of aldehydes is 1. The topological polar surface area (TPSA) is 190 Å². The van der Waals surface area contributed by atoms with E-state index in [0.29, 0.717) is 65.0 Å². The Morgan fingerprint density at radius 1 is 0.944 bits per heavy atom. The van der Waals surface area contributed by atoms with Crippen molar-refractivity contribution in [3.63, 3.8) is 0 Å². The molecule has 4 saturated heterocycles. The fourth-order valence-electron chi connectivity index (χ4n) is 10.2. The number of pyridine rings is 2. The van der Waals surface area contributed by atoms with Gasteiger partial charge in [0.2, 0.25) is 11.8 Å². The molecule has 0 spiro atoms. The summed E-state index contributed by atoms with van der Waals surface area (Å²) < 4.78 is 38.1. The number of aromatic nitrogens is 4. The first-order valence-corrected chi connectivity index (χ1v) is 24.9. The summed E-state index contributed by atoms with van der Waals surface area (Å²) in [4.78, 5) is 75.2. The van der Waals surface area contributed by atoms with Crippen LogP contribution in [0.4, 0.5) is 20.3 Å². The zero-order valence-corrected chi connectivity index (χ0v) is 40.8. The van der Waals surface area contributed by atoms with Gasteiger partial charge in [0.1, 0.15) is 46.6 Å². The Morgan fingerprint density at radius 2 is 1.72 bits per heavy atom. The van der Waals surface area contributed by atoms with Crippen molar-refractivity contribution in [2.75, 3.05) is 102 Å². The van der Waals surface area contributed by atoms with Crippen LogP contribution in [0.15, 0.2) is 48.8 Å². The average molecular weight is 976 g/mol. The van der Waals surface area contributed by atoms with Crippen LogP contribution in [-0.2, 0) is 20.8 Å². The maximum atomic E-state index is 16.8. The molecule has 0 bridgehead atoms. The molecule has 3 aromatic heterocycles. The number of aromatic hydroxyl groups is 1. The predicted octanol–water partition coefficient (Wildman–Crippen LogP) is 4.97. The van der Waals surface area contributed by atoms with Crippen molar-refractivity contribution in [2.24, 2.45) is 11.3 Å². The second kappa shape index (κ2) is 21.5. The monoisotopic (exact) mass is 975 g/mol. The van der Waals surface area contributed by atoms with Gasteiger partial charge in [-0.05, 0) is 98.2 Å². The first-order valence-electron chi connectivity index (χ1n) is 24.9. The minimum absolute atomic E-state index is 0.0139. The molecule has 5 fully saturated rings. The number of ether oxygens (including phenoxy) is 1. The summed E-state index contributed by atoms with van der Waals surface area (Å²) >= 11 is 0. The number of rotatable bonds is 13. The fourth-order valence-corrected chi connectivity index (χ4v) is 10.2. The summed E-state index contributed by atoms with van der Waals surface area (Å²) in [7, 11) is 2.16. The van der Waals surface area contributed by atoms with E-state index in [0.717, 1.165) is 110 Å². The standard InChI is InChI=1S/C35H42F2N6O2.C17H21N5O4/c1-4-25-28(36)8-7-23-16-24(44)17-26(29(23)25)31-30(37)32-27(18-38-31)33(43-11-5-6-22(2)19-43)40-34(39-32)45-21-35(9-10-35)20-42-14-12-41(3)13-15-42;23-10-9-21-5-7-22(8-6-21)12-1-2-13(18-11-12)16(25)19-14-3-4-15(24)20-17(14)26/h7-8,16-18,22,44H,4-6,9-15,19-21H2,1-3H3;1-2,10-11,14H,3-9H2,(H,19,25)(H,20,24,26)/t22-;/m0./s1. The summed E-state index contributed by atoms with van der Waals surface area (Å²) in [5.41, 5.74) is 2.11. The molecule has 3 amide bonds. The van der Waals surface area contributed by atoms with E-state index in [4.69, 9.17) is 9.72 Å². The van der Waals surface area contributed by atoms with E-state index in [9.17, 15) is 28.7 Å². The highest BCUT2D eigenvalue weighted by molar-refractivity contribution is 6.04. The van der Waals surface area contributed by atoms with Crippen LogP contribution in [0.3, 0.4) is 0 Å². The first kappa shape index (κ1) is 49.5. The number of halogens is 2. The number of hydrogen-bond acceptors (Lipinski definition) is 15. The molecular formula is C52H63F2N11O6. The maximum Gasteiger partial charge on any atom is 0.319 e. The Balaban J connectivity index is 0.000000204. The highest BCUT2D eigenvalue weighted by Crippen LogP contribution is 2.47. The summed E-state index contributed by atoms with van der Waals surface area (Å²) in [6.07, 6.45) is 9.40. The van der Waals surface area contributed by atoms with Gasteiger partial charge in [-0.2, -0.15) is 9.97 Å². The van der Waals surface area contributed by atoms with E-state index in [1.807, 2.05) is 13.0 Å². The number of carbonyl (C=O) groups is 4. The third-order valence-electron chi connectivity index (χ3n) is 14.6. The van der Waals surface area contributed by atoms with E-state index in [2.05, 4.69) is 64.1 Å². The lowest BCUT2D eigenvalue weighted by Gasteiger charge is -2.35. The number of anilines is 2. The van der Waals surface area contributed by atoms with Crippen LogP contribution in [0.2, 0.25) is 0 Å². The Hall–Kier alpha value is -6.44. The molecule has 376 valence electrons. The van der Waals surface area contributed by atoms with Gasteiger partial charge < -0.3 is 39.6 Å². The van der Waals surface area contributed by atoms with Crippen LogP contribution in [0.1, 0.15) is 68.4 Å². The number of likely N-dealkylation sites (N-methyl/N-ethyl adjacent to an activating group) is 1. The van der Waals surface area contributed by atoms with Crippen LogP contribution in [-0.4, -0.2) is 162 Å². The molecule has 3 N–H and O–H groups in total. The van der Waals surface area contributed by atoms with Crippen molar-refractivity contribution in [2.45, 2.75) is 64.8 Å². The second-order valence-corrected chi connectivity index (χ2v) is 19.9. The smallest absolute Gasteiger partial charge is 0.319 e. The van der Waals surface area contributed by atoms with E-state index < -0.39 is 23.7 Å². The molecule has 71 heavy (non-hydrogen) atoms. The molecule has 19 heteroatoms. The lowest BCUT2D eigenvalue weighted by molar-refractivity contribution is -0.134. The number of fused-ring (bicyclic) bond motifs is 2. The zero-order valence-electron chi connectivity index (χ0n) is 40.8.